The summed E-state index contributed by atoms with van der Waals surface area (Å²) < 4.78 is 5.95. The lowest BCUT2D eigenvalue weighted by Crippen LogP contribution is -2.46. The van der Waals surface area contributed by atoms with Crippen molar-refractivity contribution >= 4 is 23.6 Å². The van der Waals surface area contributed by atoms with Crippen LogP contribution in [0.3, 0.4) is 0 Å². The normalized spacial score (nSPS) is 14.7. The highest BCUT2D eigenvalue weighted by atomic mass is 16.5. The summed E-state index contributed by atoms with van der Waals surface area (Å²) >= 11 is 0. The molecule has 8 nitrogen and oxygen atoms in total. The lowest BCUT2D eigenvalue weighted by Gasteiger charge is -2.31. The molecule has 0 aromatic rings. The van der Waals surface area contributed by atoms with Crippen molar-refractivity contribution in [2.75, 3.05) is 19.7 Å². The van der Waals surface area contributed by atoms with Crippen LogP contribution in [-0.2, 0) is 23.9 Å². The first-order valence-electron chi connectivity index (χ1n) is 10.1. The largest absolute Gasteiger partial charge is 0.375 e. The first-order chi connectivity index (χ1) is 13.3. The number of nitrogens with one attached hydrogen (secondary N) is 2. The molecule has 0 aromatic heterocycles. The fourth-order valence-corrected chi connectivity index (χ4v) is 2.65. The SMILES string of the molecule is CC(C)C(=O)NC(C)(C)CCOC(C)(C)CCNC(=O)CCN1C(=O)C=CC1=O. The van der Waals surface area contributed by atoms with Crippen LogP contribution in [0.1, 0.15) is 60.8 Å². The molecule has 0 saturated heterocycles. The Hall–Kier alpha value is -2.22. The highest BCUT2D eigenvalue weighted by Gasteiger charge is 2.25. The van der Waals surface area contributed by atoms with Crippen molar-refractivity contribution in [3.63, 3.8) is 0 Å². The number of nitrogens with zero attached hydrogens (tertiary/aromatic N) is 1. The van der Waals surface area contributed by atoms with Crippen LogP contribution in [0.5, 0.6) is 0 Å². The molecule has 1 rings (SSSR count). The predicted molar refractivity (Wildman–Crippen MR) is 110 cm³/mol. The zero-order valence-corrected chi connectivity index (χ0v) is 18.5. The molecule has 0 radical (unpaired) electrons. The van der Waals surface area contributed by atoms with E-state index in [2.05, 4.69) is 10.6 Å². The average molecular weight is 410 g/mol. The number of carbonyl (C=O) groups is 4. The first-order valence-corrected chi connectivity index (χ1v) is 10.1. The van der Waals surface area contributed by atoms with Gasteiger partial charge in [0.15, 0.2) is 0 Å². The molecule has 0 unspecified atom stereocenters. The van der Waals surface area contributed by atoms with Gasteiger partial charge in [0.05, 0.1) is 5.60 Å². The molecule has 0 fully saturated rings. The van der Waals surface area contributed by atoms with Crippen molar-refractivity contribution in [3.8, 4) is 0 Å². The van der Waals surface area contributed by atoms with Crippen LogP contribution in [0, 0.1) is 5.92 Å². The quantitative estimate of drug-likeness (QED) is 0.476. The molecule has 0 bridgehead atoms. The molecule has 0 saturated carbocycles. The van der Waals surface area contributed by atoms with Crippen LogP contribution in [-0.4, -0.2) is 59.4 Å². The van der Waals surface area contributed by atoms with E-state index < -0.39 is 5.60 Å². The third kappa shape index (κ3) is 9.21. The van der Waals surface area contributed by atoms with Crippen molar-refractivity contribution in [2.45, 2.75) is 71.9 Å². The van der Waals surface area contributed by atoms with Crippen molar-refractivity contribution < 1.29 is 23.9 Å². The zero-order valence-electron chi connectivity index (χ0n) is 18.5. The molecule has 0 atom stereocenters. The highest BCUT2D eigenvalue weighted by Crippen LogP contribution is 2.17. The molecule has 29 heavy (non-hydrogen) atoms. The van der Waals surface area contributed by atoms with Gasteiger partial charge in [0.25, 0.3) is 11.8 Å². The second-order valence-electron chi connectivity index (χ2n) is 8.90. The van der Waals surface area contributed by atoms with Crippen LogP contribution in [0.4, 0.5) is 0 Å². The third-order valence-electron chi connectivity index (χ3n) is 4.72. The number of ether oxygens (including phenoxy) is 1. The van der Waals surface area contributed by atoms with E-state index in [1.807, 2.05) is 41.5 Å². The lowest BCUT2D eigenvalue weighted by atomic mass is 9.99. The summed E-state index contributed by atoms with van der Waals surface area (Å²) in [6.07, 6.45) is 3.77. The maximum atomic E-state index is 11.9. The Morgan fingerprint density at radius 2 is 1.66 bits per heavy atom. The summed E-state index contributed by atoms with van der Waals surface area (Å²) in [7, 11) is 0. The molecule has 1 aliphatic rings. The van der Waals surface area contributed by atoms with Crippen LogP contribution < -0.4 is 10.6 Å². The van der Waals surface area contributed by atoms with Crippen molar-refractivity contribution in [3.05, 3.63) is 12.2 Å². The first kappa shape index (κ1) is 24.8. The van der Waals surface area contributed by atoms with Gasteiger partial charge in [-0.2, -0.15) is 0 Å². The summed E-state index contributed by atoms with van der Waals surface area (Å²) in [4.78, 5) is 47.8. The van der Waals surface area contributed by atoms with Gasteiger partial charge in [-0.1, -0.05) is 13.8 Å². The Labute approximate surface area is 173 Å². The summed E-state index contributed by atoms with van der Waals surface area (Å²) in [5.74, 6) is -1.03. The van der Waals surface area contributed by atoms with Crippen LogP contribution in [0.15, 0.2) is 12.2 Å². The van der Waals surface area contributed by atoms with Gasteiger partial charge in [0.1, 0.15) is 0 Å². The Kier molecular flexibility index (Phi) is 9.01. The monoisotopic (exact) mass is 409 g/mol. The minimum absolute atomic E-state index is 0.0186. The number of hydrogen-bond acceptors (Lipinski definition) is 5. The number of hydrogen-bond donors (Lipinski definition) is 2. The Bertz CT molecular complexity index is 635. The summed E-state index contributed by atoms with van der Waals surface area (Å²) in [5, 5.41) is 5.80. The van der Waals surface area contributed by atoms with E-state index in [1.54, 1.807) is 0 Å². The smallest absolute Gasteiger partial charge is 0.253 e. The van der Waals surface area contributed by atoms with Gasteiger partial charge >= 0.3 is 0 Å². The third-order valence-corrected chi connectivity index (χ3v) is 4.72. The fraction of sp³-hybridized carbons (Fsp3) is 0.714. The second kappa shape index (κ2) is 10.5. The number of amides is 4. The van der Waals surface area contributed by atoms with Gasteiger partial charge in [0.2, 0.25) is 11.8 Å². The number of rotatable bonds is 12. The van der Waals surface area contributed by atoms with Gasteiger partial charge in [0, 0.05) is 49.7 Å². The van der Waals surface area contributed by atoms with E-state index >= 15 is 0 Å². The molecule has 0 aliphatic carbocycles. The maximum absolute atomic E-state index is 11.9. The number of imide groups is 1. The van der Waals surface area contributed by atoms with Gasteiger partial charge in [-0.05, 0) is 40.5 Å². The van der Waals surface area contributed by atoms with E-state index in [-0.39, 0.29) is 48.1 Å². The van der Waals surface area contributed by atoms with Crippen LogP contribution in [0.2, 0.25) is 0 Å². The van der Waals surface area contributed by atoms with Crippen molar-refractivity contribution in [2.24, 2.45) is 5.92 Å². The maximum Gasteiger partial charge on any atom is 0.253 e. The summed E-state index contributed by atoms with van der Waals surface area (Å²) in [6.45, 7) is 12.5. The molecule has 1 heterocycles. The van der Waals surface area contributed by atoms with E-state index in [0.717, 1.165) is 4.90 Å². The molecule has 0 spiro atoms. The van der Waals surface area contributed by atoms with Crippen molar-refractivity contribution in [1.82, 2.24) is 15.5 Å². The molecule has 2 N–H and O–H groups in total. The molecule has 8 heteroatoms. The van der Waals surface area contributed by atoms with E-state index in [1.165, 1.54) is 12.2 Å². The van der Waals surface area contributed by atoms with Crippen LogP contribution in [0.25, 0.3) is 0 Å². The highest BCUT2D eigenvalue weighted by molar-refractivity contribution is 6.13. The molecule has 0 aromatic carbocycles. The minimum atomic E-state index is -0.434. The lowest BCUT2D eigenvalue weighted by molar-refractivity contribution is -0.137. The molecular formula is C21H35N3O5. The standard InChI is InChI=1S/C21H35N3O5/c1-15(2)19(28)23-20(3,4)11-14-29-21(5,6)10-12-22-16(25)9-13-24-17(26)7-8-18(24)27/h7-8,15H,9-14H2,1-6H3,(H,22,25)(H,23,28). The van der Waals surface area contributed by atoms with Gasteiger partial charge < -0.3 is 15.4 Å². The predicted octanol–water partition coefficient (Wildman–Crippen LogP) is 1.54. The Morgan fingerprint density at radius 3 is 2.21 bits per heavy atom. The average Bonchev–Trinajstić information content (AvgIpc) is 2.90. The van der Waals surface area contributed by atoms with Gasteiger partial charge in [-0.15, -0.1) is 0 Å². The second-order valence-corrected chi connectivity index (χ2v) is 8.90. The van der Waals surface area contributed by atoms with Crippen LogP contribution >= 0.6 is 0 Å². The fourth-order valence-electron chi connectivity index (χ4n) is 2.65. The Balaban J connectivity index is 2.25. The summed E-state index contributed by atoms with van der Waals surface area (Å²) in [5.41, 5.74) is -0.791. The number of carbonyl (C=O) groups excluding carboxylic acids is 4. The molecule has 4 amide bonds. The van der Waals surface area contributed by atoms with Crippen molar-refractivity contribution in [1.29, 1.82) is 0 Å². The Morgan fingerprint density at radius 1 is 1.07 bits per heavy atom. The molecule has 164 valence electrons. The van der Waals surface area contributed by atoms with Gasteiger partial charge in [-0.25, -0.2) is 0 Å². The van der Waals surface area contributed by atoms with E-state index in [9.17, 15) is 19.2 Å². The van der Waals surface area contributed by atoms with Gasteiger partial charge in [-0.3, -0.25) is 24.1 Å². The van der Waals surface area contributed by atoms with E-state index in [4.69, 9.17) is 4.74 Å². The summed E-state index contributed by atoms with van der Waals surface area (Å²) in [6, 6.07) is 0. The topological polar surface area (TPSA) is 105 Å². The molecular weight excluding hydrogens is 374 g/mol. The van der Waals surface area contributed by atoms with E-state index in [0.29, 0.717) is 26.0 Å². The molecule has 1 aliphatic heterocycles. The zero-order chi connectivity index (χ0) is 22.2. The minimum Gasteiger partial charge on any atom is -0.375 e.